The molecule has 6 nitrogen and oxygen atoms in total. The van der Waals surface area contributed by atoms with E-state index >= 15 is 0 Å². The van der Waals surface area contributed by atoms with Crippen molar-refractivity contribution in [3.05, 3.63) is 90.8 Å². The van der Waals surface area contributed by atoms with Gasteiger partial charge in [0.2, 0.25) is 11.7 Å². The zero-order chi connectivity index (χ0) is 19.2. The number of amides is 1. The molecule has 0 saturated heterocycles. The molecule has 0 bridgehead atoms. The molecule has 2 heterocycles. The maximum Gasteiger partial charge on any atom is 0.260 e. The standard InChI is InChI=1S/C22H16N4O2/c27-20(13-12-16-7-2-1-3-8-16)24-19-11-5-4-10-18(19)22-25-21(26-28-22)17-9-6-14-23-15-17/h1-15H,(H,24,27)/b13-12+. The minimum Gasteiger partial charge on any atom is -0.334 e. The van der Waals surface area contributed by atoms with Crippen molar-refractivity contribution in [3.8, 4) is 22.8 Å². The topological polar surface area (TPSA) is 80.9 Å². The van der Waals surface area contributed by atoms with Crippen LogP contribution in [-0.2, 0) is 4.79 Å². The van der Waals surface area contributed by atoms with Crippen LogP contribution in [0, 0.1) is 0 Å². The molecule has 4 rings (SSSR count). The fourth-order valence-electron chi connectivity index (χ4n) is 2.63. The predicted octanol–water partition coefficient (Wildman–Crippen LogP) is 4.45. The number of anilines is 1. The molecule has 1 N–H and O–H groups in total. The Balaban J connectivity index is 1.55. The van der Waals surface area contributed by atoms with E-state index in [9.17, 15) is 4.79 Å². The lowest BCUT2D eigenvalue weighted by molar-refractivity contribution is -0.111. The predicted molar refractivity (Wildman–Crippen MR) is 107 cm³/mol. The number of carbonyl (C=O) groups excluding carboxylic acids is 1. The molecule has 0 spiro atoms. The molecule has 6 heteroatoms. The number of carbonyl (C=O) groups is 1. The van der Waals surface area contributed by atoms with E-state index in [2.05, 4.69) is 20.4 Å². The Morgan fingerprint density at radius 1 is 0.964 bits per heavy atom. The Morgan fingerprint density at radius 2 is 1.79 bits per heavy atom. The van der Waals surface area contributed by atoms with E-state index in [0.717, 1.165) is 11.1 Å². The zero-order valence-corrected chi connectivity index (χ0v) is 14.8. The van der Waals surface area contributed by atoms with Gasteiger partial charge in [0.25, 0.3) is 5.89 Å². The van der Waals surface area contributed by atoms with Gasteiger partial charge in [-0.05, 0) is 35.9 Å². The summed E-state index contributed by atoms with van der Waals surface area (Å²) in [7, 11) is 0. The van der Waals surface area contributed by atoms with Gasteiger partial charge in [-0.15, -0.1) is 0 Å². The van der Waals surface area contributed by atoms with Crippen molar-refractivity contribution in [3.63, 3.8) is 0 Å². The molecule has 2 aromatic heterocycles. The van der Waals surface area contributed by atoms with Crippen molar-refractivity contribution in [1.82, 2.24) is 15.1 Å². The summed E-state index contributed by atoms with van der Waals surface area (Å²) in [4.78, 5) is 20.8. The highest BCUT2D eigenvalue weighted by Gasteiger charge is 2.14. The maximum absolute atomic E-state index is 12.3. The molecule has 28 heavy (non-hydrogen) atoms. The lowest BCUT2D eigenvalue weighted by Crippen LogP contribution is -2.08. The van der Waals surface area contributed by atoms with E-state index in [-0.39, 0.29) is 5.91 Å². The second-order valence-corrected chi connectivity index (χ2v) is 5.94. The highest BCUT2D eigenvalue weighted by Crippen LogP contribution is 2.28. The van der Waals surface area contributed by atoms with Gasteiger partial charge < -0.3 is 9.84 Å². The van der Waals surface area contributed by atoms with Crippen LogP contribution in [0.1, 0.15) is 5.56 Å². The molecule has 1 amide bonds. The second kappa shape index (κ2) is 8.09. The highest BCUT2D eigenvalue weighted by molar-refractivity contribution is 6.03. The minimum atomic E-state index is -0.247. The highest BCUT2D eigenvalue weighted by atomic mass is 16.5. The van der Waals surface area contributed by atoms with Crippen molar-refractivity contribution in [2.45, 2.75) is 0 Å². The van der Waals surface area contributed by atoms with Crippen molar-refractivity contribution in [2.75, 3.05) is 5.32 Å². The Bertz CT molecular complexity index is 1110. The van der Waals surface area contributed by atoms with Gasteiger partial charge in [-0.1, -0.05) is 47.6 Å². The summed E-state index contributed by atoms with van der Waals surface area (Å²) in [5.41, 5.74) is 2.94. The number of hydrogen-bond donors (Lipinski definition) is 1. The normalized spacial score (nSPS) is 10.9. The summed E-state index contributed by atoms with van der Waals surface area (Å²) in [6.45, 7) is 0. The molecule has 0 aliphatic heterocycles. The molecule has 4 aromatic rings. The number of nitrogens with one attached hydrogen (secondary N) is 1. The van der Waals surface area contributed by atoms with Gasteiger partial charge in [0.15, 0.2) is 0 Å². The average molecular weight is 368 g/mol. The second-order valence-electron chi connectivity index (χ2n) is 5.94. The number of benzene rings is 2. The lowest BCUT2D eigenvalue weighted by Gasteiger charge is -2.06. The van der Waals surface area contributed by atoms with Crippen LogP contribution in [0.5, 0.6) is 0 Å². The average Bonchev–Trinajstić information content (AvgIpc) is 3.24. The molecule has 0 atom stereocenters. The first kappa shape index (κ1) is 17.4. The van der Waals surface area contributed by atoms with Gasteiger partial charge in [-0.2, -0.15) is 4.98 Å². The smallest absolute Gasteiger partial charge is 0.260 e. The summed E-state index contributed by atoms with van der Waals surface area (Å²) in [5.74, 6) is 0.512. The van der Waals surface area contributed by atoms with E-state index in [1.165, 1.54) is 6.08 Å². The quantitative estimate of drug-likeness (QED) is 0.526. The van der Waals surface area contributed by atoms with Crippen LogP contribution in [-0.4, -0.2) is 21.0 Å². The van der Waals surface area contributed by atoms with Crippen LogP contribution < -0.4 is 5.32 Å². The molecule has 0 saturated carbocycles. The summed E-state index contributed by atoms with van der Waals surface area (Å²) >= 11 is 0. The van der Waals surface area contributed by atoms with E-state index in [4.69, 9.17) is 4.52 Å². The van der Waals surface area contributed by atoms with Gasteiger partial charge in [-0.25, -0.2) is 0 Å². The van der Waals surface area contributed by atoms with Gasteiger partial charge >= 0.3 is 0 Å². The molecule has 2 aromatic carbocycles. The third-order valence-corrected chi connectivity index (χ3v) is 3.99. The number of pyridine rings is 1. The van der Waals surface area contributed by atoms with Gasteiger partial charge in [0.05, 0.1) is 11.3 Å². The summed E-state index contributed by atoms with van der Waals surface area (Å²) < 4.78 is 5.40. The van der Waals surface area contributed by atoms with E-state index in [1.807, 2.05) is 54.6 Å². The Morgan fingerprint density at radius 3 is 2.61 bits per heavy atom. The first-order chi connectivity index (χ1) is 13.8. The Labute approximate surface area is 161 Å². The number of hydrogen-bond acceptors (Lipinski definition) is 5. The first-order valence-electron chi connectivity index (χ1n) is 8.67. The summed E-state index contributed by atoms with van der Waals surface area (Å²) in [6.07, 6.45) is 6.58. The summed E-state index contributed by atoms with van der Waals surface area (Å²) in [5, 5.41) is 6.87. The van der Waals surface area contributed by atoms with Crippen molar-refractivity contribution < 1.29 is 9.32 Å². The number of nitrogens with zero attached hydrogens (tertiary/aromatic N) is 3. The fourth-order valence-corrected chi connectivity index (χ4v) is 2.63. The SMILES string of the molecule is O=C(/C=C/c1ccccc1)Nc1ccccc1-c1nc(-c2cccnc2)no1. The molecule has 0 fully saturated rings. The van der Waals surface area contributed by atoms with Crippen molar-refractivity contribution >= 4 is 17.7 Å². The van der Waals surface area contributed by atoms with Crippen LogP contribution in [0.15, 0.2) is 89.7 Å². The number of para-hydroxylation sites is 1. The molecule has 136 valence electrons. The monoisotopic (exact) mass is 368 g/mol. The largest absolute Gasteiger partial charge is 0.334 e. The third kappa shape index (κ3) is 4.02. The molecular weight excluding hydrogens is 352 g/mol. The van der Waals surface area contributed by atoms with Crippen LogP contribution in [0.3, 0.4) is 0 Å². The molecule has 0 radical (unpaired) electrons. The van der Waals surface area contributed by atoms with Gasteiger partial charge in [0.1, 0.15) is 0 Å². The van der Waals surface area contributed by atoms with Gasteiger partial charge in [-0.3, -0.25) is 9.78 Å². The minimum absolute atomic E-state index is 0.247. The van der Waals surface area contributed by atoms with Crippen LogP contribution in [0.25, 0.3) is 28.9 Å². The molecule has 0 aliphatic rings. The van der Waals surface area contributed by atoms with E-state index in [1.54, 1.807) is 30.6 Å². The lowest BCUT2D eigenvalue weighted by atomic mass is 10.1. The Hall–Kier alpha value is -4.06. The zero-order valence-electron chi connectivity index (χ0n) is 14.8. The molecule has 0 aliphatic carbocycles. The number of rotatable bonds is 5. The first-order valence-corrected chi connectivity index (χ1v) is 8.67. The van der Waals surface area contributed by atoms with Crippen molar-refractivity contribution in [1.29, 1.82) is 0 Å². The van der Waals surface area contributed by atoms with Gasteiger partial charge in [0, 0.05) is 24.0 Å². The van der Waals surface area contributed by atoms with Crippen LogP contribution in [0.4, 0.5) is 5.69 Å². The van der Waals surface area contributed by atoms with E-state index < -0.39 is 0 Å². The summed E-state index contributed by atoms with van der Waals surface area (Å²) in [6, 6.07) is 20.6. The maximum atomic E-state index is 12.3. The third-order valence-electron chi connectivity index (χ3n) is 3.99. The van der Waals surface area contributed by atoms with E-state index in [0.29, 0.717) is 23.0 Å². The van der Waals surface area contributed by atoms with Crippen LogP contribution >= 0.6 is 0 Å². The van der Waals surface area contributed by atoms with Crippen molar-refractivity contribution in [2.24, 2.45) is 0 Å². The van der Waals surface area contributed by atoms with Crippen LogP contribution in [0.2, 0.25) is 0 Å². The number of aromatic nitrogens is 3. The molecule has 0 unspecified atom stereocenters. The molecular formula is C22H16N4O2. The fraction of sp³-hybridized carbons (Fsp3) is 0. The Kier molecular flexibility index (Phi) is 5.02.